The highest BCUT2D eigenvalue weighted by molar-refractivity contribution is 14.0. The number of ether oxygens (including phenoxy) is 1. The second-order valence-corrected chi connectivity index (χ2v) is 6.77. The first-order valence-corrected chi connectivity index (χ1v) is 9.21. The van der Waals surface area contributed by atoms with Crippen molar-refractivity contribution in [1.82, 2.24) is 20.4 Å². The Bertz CT molecular complexity index is 363. The van der Waals surface area contributed by atoms with Crippen LogP contribution < -0.4 is 10.6 Å². The summed E-state index contributed by atoms with van der Waals surface area (Å²) in [6, 6.07) is 1.25. The Morgan fingerprint density at radius 1 is 1.21 bits per heavy atom. The fourth-order valence-electron chi connectivity index (χ4n) is 3.51. The number of morpholine rings is 1. The largest absolute Gasteiger partial charge is 0.379 e. The van der Waals surface area contributed by atoms with Gasteiger partial charge in [0.05, 0.1) is 13.2 Å². The highest BCUT2D eigenvalue weighted by atomic mass is 127. The molecule has 2 unspecified atom stereocenters. The lowest BCUT2D eigenvalue weighted by Crippen LogP contribution is -2.51. The van der Waals surface area contributed by atoms with Crippen LogP contribution in [-0.2, 0) is 4.74 Å². The SMILES string of the molecule is CN=C(NCCN1CCOCC1)NCC(C)N1CCCCC1C.I. The summed E-state index contributed by atoms with van der Waals surface area (Å²) < 4.78 is 5.38. The molecule has 2 N–H and O–H groups in total. The molecule has 0 saturated carbocycles. The van der Waals surface area contributed by atoms with E-state index in [0.29, 0.717) is 12.1 Å². The molecule has 2 atom stereocenters. The Hall–Kier alpha value is -0.120. The van der Waals surface area contributed by atoms with E-state index in [9.17, 15) is 0 Å². The number of halogens is 1. The average Bonchev–Trinajstić information content (AvgIpc) is 2.59. The lowest BCUT2D eigenvalue weighted by molar-refractivity contribution is 0.0389. The molecule has 2 aliphatic heterocycles. The molecule has 0 amide bonds. The van der Waals surface area contributed by atoms with E-state index in [1.54, 1.807) is 0 Å². The van der Waals surface area contributed by atoms with Gasteiger partial charge in [0.2, 0.25) is 0 Å². The van der Waals surface area contributed by atoms with Gasteiger partial charge in [0.1, 0.15) is 0 Å². The van der Waals surface area contributed by atoms with Gasteiger partial charge in [0.25, 0.3) is 0 Å². The van der Waals surface area contributed by atoms with E-state index < -0.39 is 0 Å². The normalized spacial score (nSPS) is 25.0. The van der Waals surface area contributed by atoms with Crippen LogP contribution in [0.15, 0.2) is 4.99 Å². The summed E-state index contributed by atoms with van der Waals surface area (Å²) in [4.78, 5) is 9.39. The number of aliphatic imine (C=N–C) groups is 1. The number of nitrogens with one attached hydrogen (secondary N) is 2. The highest BCUT2D eigenvalue weighted by Crippen LogP contribution is 2.18. The molecule has 142 valence electrons. The van der Waals surface area contributed by atoms with Gasteiger partial charge >= 0.3 is 0 Å². The number of likely N-dealkylation sites (tertiary alicyclic amines) is 1. The van der Waals surface area contributed by atoms with Crippen LogP contribution in [0.1, 0.15) is 33.1 Å². The Morgan fingerprint density at radius 3 is 2.62 bits per heavy atom. The molecular formula is C17H36IN5O. The summed E-state index contributed by atoms with van der Waals surface area (Å²) >= 11 is 0. The number of hydrogen-bond donors (Lipinski definition) is 2. The predicted octanol–water partition coefficient (Wildman–Crippen LogP) is 1.36. The van der Waals surface area contributed by atoms with Crippen LogP contribution >= 0.6 is 24.0 Å². The van der Waals surface area contributed by atoms with Gasteiger partial charge in [0, 0.05) is 51.9 Å². The third-order valence-electron chi connectivity index (χ3n) is 5.03. The maximum Gasteiger partial charge on any atom is 0.191 e. The number of hydrogen-bond acceptors (Lipinski definition) is 4. The van der Waals surface area contributed by atoms with E-state index in [1.807, 2.05) is 7.05 Å². The standard InChI is InChI=1S/C17H35N5O.HI/c1-15-6-4-5-8-22(15)16(2)14-20-17(18-3)19-7-9-21-10-12-23-13-11-21;/h15-16H,4-14H2,1-3H3,(H2,18,19,20);1H. The van der Waals surface area contributed by atoms with Gasteiger partial charge in [-0.25, -0.2) is 0 Å². The first-order valence-electron chi connectivity index (χ1n) is 9.21. The number of nitrogens with zero attached hydrogens (tertiary/aromatic N) is 3. The Labute approximate surface area is 164 Å². The fourth-order valence-corrected chi connectivity index (χ4v) is 3.51. The van der Waals surface area contributed by atoms with E-state index in [-0.39, 0.29) is 24.0 Å². The van der Waals surface area contributed by atoms with Crippen LogP contribution in [0.3, 0.4) is 0 Å². The van der Waals surface area contributed by atoms with Crippen molar-refractivity contribution in [3.05, 3.63) is 0 Å². The van der Waals surface area contributed by atoms with E-state index in [1.165, 1.54) is 25.8 Å². The molecule has 0 radical (unpaired) electrons. The third-order valence-corrected chi connectivity index (χ3v) is 5.03. The zero-order chi connectivity index (χ0) is 16.5. The summed E-state index contributed by atoms with van der Waals surface area (Å²) in [6.07, 6.45) is 4.04. The van der Waals surface area contributed by atoms with Gasteiger partial charge < -0.3 is 15.4 Å². The molecular weight excluding hydrogens is 417 g/mol. The van der Waals surface area contributed by atoms with Crippen molar-refractivity contribution in [1.29, 1.82) is 0 Å². The van der Waals surface area contributed by atoms with Gasteiger partial charge in [-0.2, -0.15) is 0 Å². The minimum absolute atomic E-state index is 0. The lowest BCUT2D eigenvalue weighted by Gasteiger charge is -2.38. The molecule has 0 aromatic carbocycles. The van der Waals surface area contributed by atoms with Crippen molar-refractivity contribution in [2.75, 3.05) is 59.5 Å². The molecule has 0 aliphatic carbocycles. The number of rotatable bonds is 6. The summed E-state index contributed by atoms with van der Waals surface area (Å²) in [5, 5.41) is 6.90. The van der Waals surface area contributed by atoms with Crippen LogP contribution in [0.5, 0.6) is 0 Å². The molecule has 2 fully saturated rings. The molecule has 24 heavy (non-hydrogen) atoms. The second-order valence-electron chi connectivity index (χ2n) is 6.77. The Kier molecular flexibility index (Phi) is 11.2. The Balaban J connectivity index is 0.00000288. The molecule has 2 rings (SSSR count). The zero-order valence-corrected chi connectivity index (χ0v) is 17.9. The first-order chi connectivity index (χ1) is 11.2. The smallest absolute Gasteiger partial charge is 0.191 e. The summed E-state index contributed by atoms with van der Waals surface area (Å²) in [5.41, 5.74) is 0. The summed E-state index contributed by atoms with van der Waals surface area (Å²) in [6.45, 7) is 12.6. The predicted molar refractivity (Wildman–Crippen MR) is 112 cm³/mol. The van der Waals surface area contributed by atoms with Crippen molar-refractivity contribution >= 4 is 29.9 Å². The fraction of sp³-hybridized carbons (Fsp3) is 0.941. The number of piperidine rings is 1. The molecule has 2 heterocycles. The summed E-state index contributed by atoms with van der Waals surface area (Å²) in [7, 11) is 1.85. The molecule has 2 saturated heterocycles. The first kappa shape index (κ1) is 21.9. The lowest BCUT2D eigenvalue weighted by atomic mass is 10.0. The van der Waals surface area contributed by atoms with Crippen molar-refractivity contribution in [2.24, 2.45) is 4.99 Å². The number of guanidine groups is 1. The van der Waals surface area contributed by atoms with E-state index in [4.69, 9.17) is 4.74 Å². The zero-order valence-electron chi connectivity index (χ0n) is 15.6. The molecule has 7 heteroatoms. The molecule has 0 aromatic rings. The van der Waals surface area contributed by atoms with Gasteiger partial charge in [-0.05, 0) is 33.2 Å². The van der Waals surface area contributed by atoms with Crippen LogP contribution in [0, 0.1) is 0 Å². The average molecular weight is 453 g/mol. The van der Waals surface area contributed by atoms with Crippen molar-refractivity contribution in [3.63, 3.8) is 0 Å². The van der Waals surface area contributed by atoms with Gasteiger partial charge in [-0.3, -0.25) is 14.8 Å². The van der Waals surface area contributed by atoms with E-state index in [0.717, 1.165) is 51.9 Å². The molecule has 2 aliphatic rings. The molecule has 0 aromatic heterocycles. The Morgan fingerprint density at radius 2 is 1.96 bits per heavy atom. The van der Waals surface area contributed by atoms with Crippen LogP contribution in [0.4, 0.5) is 0 Å². The molecule has 0 spiro atoms. The topological polar surface area (TPSA) is 52.1 Å². The maximum atomic E-state index is 5.38. The third kappa shape index (κ3) is 7.41. The summed E-state index contributed by atoms with van der Waals surface area (Å²) in [5.74, 6) is 0.912. The van der Waals surface area contributed by atoms with Gasteiger partial charge in [-0.15, -0.1) is 24.0 Å². The molecule has 0 bridgehead atoms. The van der Waals surface area contributed by atoms with E-state index in [2.05, 4.69) is 39.3 Å². The van der Waals surface area contributed by atoms with Gasteiger partial charge in [-0.1, -0.05) is 6.42 Å². The van der Waals surface area contributed by atoms with E-state index >= 15 is 0 Å². The van der Waals surface area contributed by atoms with Crippen LogP contribution in [0.2, 0.25) is 0 Å². The van der Waals surface area contributed by atoms with Crippen LogP contribution in [0.25, 0.3) is 0 Å². The minimum atomic E-state index is 0. The second kappa shape index (κ2) is 12.3. The van der Waals surface area contributed by atoms with Crippen molar-refractivity contribution < 1.29 is 4.74 Å². The minimum Gasteiger partial charge on any atom is -0.379 e. The van der Waals surface area contributed by atoms with Crippen molar-refractivity contribution in [3.8, 4) is 0 Å². The monoisotopic (exact) mass is 453 g/mol. The van der Waals surface area contributed by atoms with Crippen molar-refractivity contribution in [2.45, 2.75) is 45.2 Å². The van der Waals surface area contributed by atoms with Gasteiger partial charge in [0.15, 0.2) is 5.96 Å². The van der Waals surface area contributed by atoms with Crippen LogP contribution in [-0.4, -0.2) is 87.4 Å². The maximum absolute atomic E-state index is 5.38. The highest BCUT2D eigenvalue weighted by Gasteiger charge is 2.22. The quantitative estimate of drug-likeness (QED) is 0.362. The molecule has 6 nitrogen and oxygen atoms in total.